The second-order valence-electron chi connectivity index (χ2n) is 13.0. The molecule has 0 saturated carbocycles. The fourth-order valence-corrected chi connectivity index (χ4v) is 9.47. The van der Waals surface area contributed by atoms with Crippen LogP contribution in [-0.2, 0) is 30.6 Å². The number of carbonyl (C=O) groups is 4. The molecule has 3 atom stereocenters. The number of aryl methyl sites for hydroxylation is 1. The zero-order chi connectivity index (χ0) is 38.2. The van der Waals surface area contributed by atoms with E-state index in [1.807, 2.05) is 25.3 Å². The third kappa shape index (κ3) is 7.57. The first-order valence-corrected chi connectivity index (χ1v) is 19.8. The lowest BCUT2D eigenvalue weighted by Crippen LogP contribution is -2.71. The highest BCUT2D eigenvalue weighted by Gasteiger charge is 2.54. The van der Waals surface area contributed by atoms with E-state index in [4.69, 9.17) is 10.6 Å². The molecule has 0 radical (unpaired) electrons. The summed E-state index contributed by atoms with van der Waals surface area (Å²) in [6.45, 7) is 10.4. The van der Waals surface area contributed by atoms with Gasteiger partial charge < -0.3 is 31.4 Å². The van der Waals surface area contributed by atoms with Gasteiger partial charge >= 0.3 is 11.9 Å². The van der Waals surface area contributed by atoms with E-state index in [9.17, 15) is 29.4 Å². The fraction of sp³-hybridized carbons (Fsp3) is 0.441. The van der Waals surface area contributed by atoms with Gasteiger partial charge in [0.1, 0.15) is 35.2 Å². The van der Waals surface area contributed by atoms with Crippen molar-refractivity contribution in [1.29, 1.82) is 0 Å². The Morgan fingerprint density at radius 1 is 1.28 bits per heavy atom. The van der Waals surface area contributed by atoms with Crippen LogP contribution in [0.5, 0.6) is 0 Å². The molecular formula is C34H40FN8O7S3+. The number of piperazine rings is 1. The number of thiazole rings is 1. The number of anilines is 1. The van der Waals surface area contributed by atoms with Crippen molar-refractivity contribution in [2.45, 2.75) is 62.2 Å². The van der Waals surface area contributed by atoms with Gasteiger partial charge in [0.25, 0.3) is 11.8 Å². The van der Waals surface area contributed by atoms with E-state index < -0.39 is 46.5 Å². The van der Waals surface area contributed by atoms with E-state index >= 15 is 4.39 Å². The van der Waals surface area contributed by atoms with E-state index in [-0.39, 0.29) is 39.9 Å². The molecule has 2 amide bonds. The molecular weight excluding hydrogens is 748 g/mol. The van der Waals surface area contributed by atoms with Crippen LogP contribution in [0.1, 0.15) is 45.0 Å². The summed E-state index contributed by atoms with van der Waals surface area (Å²) >= 11 is 3.69. The van der Waals surface area contributed by atoms with Crippen molar-refractivity contribution in [1.82, 2.24) is 25.4 Å². The molecule has 2 saturated heterocycles. The van der Waals surface area contributed by atoms with Gasteiger partial charge in [-0.05, 0) is 39.0 Å². The molecule has 3 aliphatic rings. The van der Waals surface area contributed by atoms with Gasteiger partial charge in [0, 0.05) is 59.1 Å². The number of nitrogens with one attached hydrogen (secondary N) is 2. The van der Waals surface area contributed by atoms with E-state index in [1.54, 1.807) is 6.07 Å². The zero-order valence-corrected chi connectivity index (χ0v) is 31.9. The average Bonchev–Trinajstić information content (AvgIpc) is 3.57. The van der Waals surface area contributed by atoms with E-state index in [1.165, 1.54) is 42.8 Å². The molecule has 53 heavy (non-hydrogen) atoms. The number of β-lactam (4-membered cyclic amide) rings is 1. The Labute approximate surface area is 316 Å². The van der Waals surface area contributed by atoms with Crippen molar-refractivity contribution in [3.05, 3.63) is 58.1 Å². The summed E-state index contributed by atoms with van der Waals surface area (Å²) in [6.07, 6.45) is 1.94. The Kier molecular flexibility index (Phi) is 11.3. The van der Waals surface area contributed by atoms with Gasteiger partial charge in [0.2, 0.25) is 11.1 Å². The molecule has 282 valence electrons. The molecule has 2 fully saturated rings. The number of nitrogen functional groups attached to an aromatic ring is 1. The van der Waals surface area contributed by atoms with Gasteiger partial charge in [-0.15, -0.1) is 34.9 Å². The van der Waals surface area contributed by atoms with Gasteiger partial charge in [-0.25, -0.2) is 19.0 Å². The summed E-state index contributed by atoms with van der Waals surface area (Å²) in [4.78, 5) is 64.5. The van der Waals surface area contributed by atoms with E-state index in [2.05, 4.69) is 37.2 Å². The maximum atomic E-state index is 15.9. The molecule has 0 spiro atoms. The van der Waals surface area contributed by atoms with Crippen molar-refractivity contribution in [2.75, 3.05) is 43.4 Å². The van der Waals surface area contributed by atoms with Crippen molar-refractivity contribution >= 4 is 80.4 Å². The third-order valence-electron chi connectivity index (χ3n) is 9.35. The van der Waals surface area contributed by atoms with Crippen LogP contribution in [0, 0.1) is 5.82 Å². The number of nitrogens with zero attached hydrogens (tertiary/aromatic N) is 5. The summed E-state index contributed by atoms with van der Waals surface area (Å²) in [5.74, 6) is -3.94. The average molecular weight is 788 g/mol. The minimum Gasteiger partial charge on any atom is -0.478 e. The largest absolute Gasteiger partial charge is 0.478 e. The lowest BCUT2D eigenvalue weighted by Gasteiger charge is -2.49. The van der Waals surface area contributed by atoms with Crippen LogP contribution in [-0.4, -0.2) is 109 Å². The SMILES string of the molecule is CCN1CCNCC1c1cc2c(cc1F)c(SCC1=C(C(=O)O)N3C(=O)C(NC(=O)/C(=N\OC(C)(C)C(=O)O)c4csc(N)n4)[C@H]3SC1)cc[n+]2CC. The fourth-order valence-electron chi connectivity index (χ4n) is 6.40. The second kappa shape index (κ2) is 15.6. The van der Waals surface area contributed by atoms with Crippen molar-refractivity contribution in [2.24, 2.45) is 5.16 Å². The summed E-state index contributed by atoms with van der Waals surface area (Å²) in [6, 6.07) is 4.18. The number of carboxylic acids is 2. The monoisotopic (exact) mass is 787 g/mol. The van der Waals surface area contributed by atoms with Gasteiger partial charge in [-0.2, -0.15) is 4.57 Å². The third-order valence-corrected chi connectivity index (χ3v) is 12.5. The van der Waals surface area contributed by atoms with Gasteiger partial charge in [0.05, 0.1) is 11.4 Å². The van der Waals surface area contributed by atoms with Crippen LogP contribution in [0.3, 0.4) is 0 Å². The topological polar surface area (TPSA) is 204 Å². The Bertz CT molecular complexity index is 2040. The van der Waals surface area contributed by atoms with E-state index in [0.29, 0.717) is 29.6 Å². The molecule has 15 nitrogen and oxygen atoms in total. The molecule has 6 rings (SSSR count). The number of fused-ring (bicyclic) bond motifs is 2. The van der Waals surface area contributed by atoms with Crippen LogP contribution < -0.4 is 20.9 Å². The predicted molar refractivity (Wildman–Crippen MR) is 199 cm³/mol. The summed E-state index contributed by atoms with van der Waals surface area (Å²) < 4.78 is 17.9. The molecule has 1 aromatic carbocycles. The highest BCUT2D eigenvalue weighted by molar-refractivity contribution is 8.01. The number of pyridine rings is 1. The molecule has 5 heterocycles. The normalized spacial score (nSPS) is 21.0. The maximum absolute atomic E-state index is 15.9. The number of carbonyl (C=O) groups excluding carboxylic acids is 2. The number of rotatable bonds is 13. The number of benzene rings is 1. The summed E-state index contributed by atoms with van der Waals surface area (Å²) in [7, 11) is 0. The van der Waals surface area contributed by atoms with Gasteiger partial charge in [-0.1, -0.05) is 12.1 Å². The number of aliphatic carboxylic acids is 2. The van der Waals surface area contributed by atoms with Crippen molar-refractivity contribution in [3.63, 3.8) is 0 Å². The Morgan fingerprint density at radius 3 is 2.72 bits per heavy atom. The van der Waals surface area contributed by atoms with Crippen LogP contribution >= 0.6 is 34.9 Å². The van der Waals surface area contributed by atoms with Gasteiger partial charge in [0.15, 0.2) is 17.0 Å². The second-order valence-corrected chi connectivity index (χ2v) is 16.0. The number of hydrogen-bond donors (Lipinski definition) is 5. The summed E-state index contributed by atoms with van der Waals surface area (Å²) in [5, 5.41) is 31.0. The highest BCUT2D eigenvalue weighted by atomic mass is 32.2. The lowest BCUT2D eigenvalue weighted by atomic mass is 10.00. The zero-order valence-electron chi connectivity index (χ0n) is 29.4. The van der Waals surface area contributed by atoms with Crippen molar-refractivity contribution in [3.8, 4) is 0 Å². The molecule has 2 aromatic heterocycles. The molecule has 3 aromatic rings. The number of likely N-dealkylation sites (N-methyl/N-ethyl adjacent to an activating group) is 1. The molecule has 3 aliphatic heterocycles. The van der Waals surface area contributed by atoms with Crippen molar-refractivity contribution < 1.29 is 43.2 Å². The summed E-state index contributed by atoms with van der Waals surface area (Å²) in [5.41, 5.74) is 5.43. The number of amides is 2. The Morgan fingerprint density at radius 2 is 2.06 bits per heavy atom. The van der Waals surface area contributed by atoms with E-state index in [0.717, 1.165) is 46.3 Å². The molecule has 0 bridgehead atoms. The van der Waals surface area contributed by atoms with Crippen LogP contribution in [0.15, 0.2) is 51.1 Å². The minimum absolute atomic E-state index is 0.0134. The predicted octanol–water partition coefficient (Wildman–Crippen LogP) is 2.41. The quantitative estimate of drug-likeness (QED) is 0.0556. The molecule has 19 heteroatoms. The number of aromatic nitrogens is 2. The van der Waals surface area contributed by atoms with Gasteiger partial charge in [-0.3, -0.25) is 19.4 Å². The standard InChI is InChI=1S/C34H39FN8O7S3/c1-5-41-9-7-24(19-11-20(35)18(12-22(19)41)23-13-37-8-10-42(23)6-2)51-14-17-15-52-30-26(29(45)43(30)27(17)31(46)47)39-28(44)25(21-16-53-33(36)38-21)40-50-34(3,4)32(48)49/h7,9,11-12,16,23,26,30,37H,5-6,8,10,13-15H2,1-4H3,(H4-,36,38,39,44,46,47,48,49)/p+1/b40-25-/t23?,26?,30-/m1/s1. The first-order chi connectivity index (χ1) is 25.2. The number of nitrogens with two attached hydrogens (primary N) is 1. The number of hydrogen-bond acceptors (Lipinski definition) is 13. The first-order valence-electron chi connectivity index (χ1n) is 16.9. The number of thioether (sulfide) groups is 2. The van der Waals surface area contributed by atoms with Crippen LogP contribution in [0.25, 0.3) is 10.9 Å². The minimum atomic E-state index is -1.78. The number of oxime groups is 1. The lowest BCUT2D eigenvalue weighted by molar-refractivity contribution is -0.668. The highest BCUT2D eigenvalue weighted by Crippen LogP contribution is 2.42. The Hall–Kier alpha value is -4.30. The first kappa shape index (κ1) is 38.4. The van der Waals surface area contributed by atoms with Crippen LogP contribution in [0.4, 0.5) is 9.52 Å². The Balaban J connectivity index is 1.22. The van der Waals surface area contributed by atoms with Crippen LogP contribution in [0.2, 0.25) is 0 Å². The maximum Gasteiger partial charge on any atom is 0.352 e. The molecule has 2 unspecified atom stereocenters. The number of carboxylic acid groups (broad SMARTS) is 2. The molecule has 6 N–H and O–H groups in total. The smallest absolute Gasteiger partial charge is 0.352 e. The number of halogens is 1. The molecule has 0 aliphatic carbocycles.